The highest BCUT2D eigenvalue weighted by Crippen LogP contribution is 2.30. The van der Waals surface area contributed by atoms with Gasteiger partial charge in [-0.3, -0.25) is 9.69 Å². The number of carboxylic acids is 1. The fraction of sp³-hybridized carbons (Fsp3) is 0.375. The minimum absolute atomic E-state index is 0.0304. The summed E-state index contributed by atoms with van der Waals surface area (Å²) in [4.78, 5) is 17.6. The first-order valence-electron chi connectivity index (χ1n) is 10.4. The van der Waals surface area contributed by atoms with Crippen molar-refractivity contribution in [3.63, 3.8) is 0 Å². The summed E-state index contributed by atoms with van der Waals surface area (Å²) >= 11 is 6.00. The summed E-state index contributed by atoms with van der Waals surface area (Å²) in [5.74, 6) is 0.264. The Morgan fingerprint density at radius 3 is 2.48 bits per heavy atom. The Bertz CT molecular complexity index is 1040. The summed E-state index contributed by atoms with van der Waals surface area (Å²) in [5.41, 5.74) is 3.24. The highest BCUT2D eigenvalue weighted by molar-refractivity contribution is 6.30. The van der Waals surface area contributed by atoms with Gasteiger partial charge in [-0.05, 0) is 35.1 Å². The molecule has 1 aromatic heterocycles. The summed E-state index contributed by atoms with van der Waals surface area (Å²) in [5, 5.41) is 13.9. The third-order valence-electron chi connectivity index (χ3n) is 5.98. The van der Waals surface area contributed by atoms with E-state index >= 15 is 0 Å². The molecular formula is C24H26ClN3O3. The van der Waals surface area contributed by atoms with Crippen molar-refractivity contribution in [3.8, 4) is 11.4 Å². The lowest BCUT2D eigenvalue weighted by molar-refractivity contribution is -0.147. The van der Waals surface area contributed by atoms with Crippen molar-refractivity contribution in [3.05, 3.63) is 70.6 Å². The molecule has 7 heteroatoms. The SMILES string of the molecule is CC(C)(CCc1nc(-c2ccc(CN3CC(C(=O)O)C3)cc2)no1)c1ccc(Cl)cc1. The lowest BCUT2D eigenvalue weighted by atomic mass is 9.80. The first-order valence-corrected chi connectivity index (χ1v) is 10.8. The van der Waals surface area contributed by atoms with Gasteiger partial charge < -0.3 is 9.63 Å². The van der Waals surface area contributed by atoms with Crippen LogP contribution in [-0.4, -0.2) is 39.2 Å². The number of hydrogen-bond donors (Lipinski definition) is 1. The number of aliphatic carboxylic acids is 1. The van der Waals surface area contributed by atoms with E-state index in [1.165, 1.54) is 5.56 Å². The van der Waals surface area contributed by atoms with Crippen molar-refractivity contribution in [1.82, 2.24) is 15.0 Å². The maximum Gasteiger partial charge on any atom is 0.309 e. The van der Waals surface area contributed by atoms with Gasteiger partial charge in [-0.15, -0.1) is 0 Å². The molecule has 2 heterocycles. The second-order valence-corrected chi connectivity index (χ2v) is 9.27. The van der Waals surface area contributed by atoms with Gasteiger partial charge in [-0.25, -0.2) is 0 Å². The second-order valence-electron chi connectivity index (χ2n) is 8.83. The van der Waals surface area contributed by atoms with Gasteiger partial charge in [-0.2, -0.15) is 4.98 Å². The largest absolute Gasteiger partial charge is 0.481 e. The molecule has 1 saturated heterocycles. The molecule has 0 amide bonds. The Labute approximate surface area is 186 Å². The van der Waals surface area contributed by atoms with Crippen LogP contribution in [0.25, 0.3) is 11.4 Å². The predicted octanol–water partition coefficient (Wildman–Crippen LogP) is 4.82. The summed E-state index contributed by atoms with van der Waals surface area (Å²) in [6, 6.07) is 16.0. The first-order chi connectivity index (χ1) is 14.8. The number of benzene rings is 2. The van der Waals surface area contributed by atoms with Crippen LogP contribution < -0.4 is 0 Å². The Morgan fingerprint density at radius 1 is 1.16 bits per heavy atom. The molecule has 1 N–H and O–H groups in total. The molecule has 3 aromatic rings. The maximum atomic E-state index is 10.9. The number of carbonyl (C=O) groups is 1. The highest BCUT2D eigenvalue weighted by Gasteiger charge is 2.32. The fourth-order valence-corrected chi connectivity index (χ4v) is 3.94. The molecule has 2 aromatic carbocycles. The molecular weight excluding hydrogens is 414 g/mol. The molecule has 162 valence electrons. The van der Waals surface area contributed by atoms with Crippen molar-refractivity contribution >= 4 is 17.6 Å². The van der Waals surface area contributed by atoms with Gasteiger partial charge in [0.2, 0.25) is 11.7 Å². The summed E-state index contributed by atoms with van der Waals surface area (Å²) in [7, 11) is 0. The Morgan fingerprint density at radius 2 is 1.84 bits per heavy atom. The van der Waals surface area contributed by atoms with Gasteiger partial charge in [0.05, 0.1) is 5.92 Å². The number of nitrogens with zero attached hydrogens (tertiary/aromatic N) is 3. The van der Waals surface area contributed by atoms with Crippen LogP contribution in [0.5, 0.6) is 0 Å². The monoisotopic (exact) mass is 439 g/mol. The first kappa shape index (κ1) is 21.5. The Hall–Kier alpha value is -2.70. The lowest BCUT2D eigenvalue weighted by Crippen LogP contribution is -2.49. The Kier molecular flexibility index (Phi) is 6.12. The number of halogens is 1. The van der Waals surface area contributed by atoms with Crippen LogP contribution in [-0.2, 0) is 23.2 Å². The van der Waals surface area contributed by atoms with Crippen molar-refractivity contribution in [2.45, 2.75) is 38.6 Å². The van der Waals surface area contributed by atoms with Crippen LogP contribution in [0, 0.1) is 5.92 Å². The van der Waals surface area contributed by atoms with E-state index in [9.17, 15) is 4.79 Å². The van der Waals surface area contributed by atoms with Gasteiger partial charge in [0.25, 0.3) is 0 Å². The van der Waals surface area contributed by atoms with Crippen molar-refractivity contribution in [2.75, 3.05) is 13.1 Å². The highest BCUT2D eigenvalue weighted by atomic mass is 35.5. The molecule has 31 heavy (non-hydrogen) atoms. The third-order valence-corrected chi connectivity index (χ3v) is 6.23. The lowest BCUT2D eigenvalue weighted by Gasteiger charge is -2.36. The van der Waals surface area contributed by atoms with Crippen LogP contribution >= 0.6 is 11.6 Å². The predicted molar refractivity (Wildman–Crippen MR) is 119 cm³/mol. The average Bonchev–Trinajstić information content (AvgIpc) is 3.18. The van der Waals surface area contributed by atoms with Crippen molar-refractivity contribution in [1.29, 1.82) is 0 Å². The minimum Gasteiger partial charge on any atom is -0.481 e. The zero-order valence-electron chi connectivity index (χ0n) is 17.7. The topological polar surface area (TPSA) is 79.5 Å². The van der Waals surface area contributed by atoms with Gasteiger partial charge >= 0.3 is 5.97 Å². The molecule has 6 nitrogen and oxygen atoms in total. The van der Waals surface area contributed by atoms with E-state index in [-0.39, 0.29) is 11.3 Å². The van der Waals surface area contributed by atoms with E-state index in [4.69, 9.17) is 21.2 Å². The Balaban J connectivity index is 1.33. The van der Waals surface area contributed by atoms with Crippen molar-refractivity contribution < 1.29 is 14.4 Å². The van der Waals surface area contributed by atoms with Gasteiger partial charge in [-0.1, -0.05) is 67.0 Å². The molecule has 0 unspecified atom stereocenters. The molecule has 0 saturated carbocycles. The summed E-state index contributed by atoms with van der Waals surface area (Å²) in [6.45, 7) is 6.36. The smallest absolute Gasteiger partial charge is 0.309 e. The molecule has 0 spiro atoms. The van der Waals surface area contributed by atoms with Crippen LogP contribution in [0.15, 0.2) is 53.1 Å². The van der Waals surface area contributed by atoms with E-state index in [0.717, 1.165) is 29.1 Å². The zero-order chi connectivity index (χ0) is 22.0. The fourth-order valence-electron chi connectivity index (χ4n) is 3.81. The molecule has 0 aliphatic carbocycles. The summed E-state index contributed by atoms with van der Waals surface area (Å²) < 4.78 is 5.48. The number of hydrogen-bond acceptors (Lipinski definition) is 5. The molecule has 0 bridgehead atoms. The standard InChI is InChI=1S/C24H26ClN3O3/c1-24(2,19-7-9-20(25)10-8-19)12-11-21-26-22(27-31-21)17-5-3-16(4-6-17)13-28-14-18(15-28)23(29)30/h3-10,18H,11-15H2,1-2H3,(H,29,30). The molecule has 1 aliphatic rings. The number of carboxylic acid groups (broad SMARTS) is 1. The van der Waals surface area contributed by atoms with Crippen LogP contribution in [0.3, 0.4) is 0 Å². The number of aromatic nitrogens is 2. The molecule has 0 radical (unpaired) electrons. The quantitative estimate of drug-likeness (QED) is 0.542. The van der Waals surface area contributed by atoms with E-state index < -0.39 is 5.97 Å². The van der Waals surface area contributed by atoms with Gasteiger partial charge in [0, 0.05) is 36.6 Å². The van der Waals surface area contributed by atoms with Crippen LogP contribution in [0.4, 0.5) is 0 Å². The zero-order valence-corrected chi connectivity index (χ0v) is 18.5. The number of rotatable bonds is 8. The van der Waals surface area contributed by atoms with Crippen LogP contribution in [0.2, 0.25) is 5.02 Å². The third kappa shape index (κ3) is 5.14. The minimum atomic E-state index is -0.712. The van der Waals surface area contributed by atoms with E-state index in [2.05, 4.69) is 41.0 Å². The molecule has 1 fully saturated rings. The number of likely N-dealkylation sites (tertiary alicyclic amines) is 1. The van der Waals surface area contributed by atoms with E-state index in [1.807, 2.05) is 36.4 Å². The van der Waals surface area contributed by atoms with E-state index in [1.54, 1.807) is 0 Å². The maximum absolute atomic E-state index is 10.9. The normalized spacial score (nSPS) is 15.1. The molecule has 4 rings (SSSR count). The number of aryl methyl sites for hydroxylation is 1. The van der Waals surface area contributed by atoms with Crippen LogP contribution in [0.1, 0.15) is 37.3 Å². The molecule has 0 atom stereocenters. The van der Waals surface area contributed by atoms with E-state index in [0.29, 0.717) is 31.2 Å². The van der Waals surface area contributed by atoms with Crippen molar-refractivity contribution in [2.24, 2.45) is 5.92 Å². The second kappa shape index (κ2) is 8.81. The summed E-state index contributed by atoms with van der Waals surface area (Å²) in [6.07, 6.45) is 1.57. The molecule has 1 aliphatic heterocycles. The average molecular weight is 440 g/mol. The van der Waals surface area contributed by atoms with Gasteiger partial charge in [0.15, 0.2) is 0 Å². The van der Waals surface area contributed by atoms with Gasteiger partial charge in [0.1, 0.15) is 0 Å².